The van der Waals surface area contributed by atoms with Crippen molar-refractivity contribution in [3.8, 4) is 0 Å². The maximum atomic E-state index is 12.4. The lowest BCUT2D eigenvalue weighted by molar-refractivity contribution is -0.387. The number of nitro benzene ring substituents is 1. The van der Waals surface area contributed by atoms with Crippen molar-refractivity contribution in [2.24, 2.45) is 5.73 Å². The Morgan fingerprint density at radius 1 is 1.25 bits per heavy atom. The van der Waals surface area contributed by atoms with E-state index < -0.39 is 20.6 Å². The molecule has 0 unspecified atom stereocenters. The number of halogens is 1. The highest BCUT2D eigenvalue weighted by Gasteiger charge is 2.33. The molecule has 1 aliphatic rings. The second-order valence-electron chi connectivity index (χ2n) is 4.47. The molecule has 0 aromatic heterocycles. The molecular weight excluding hydrogens is 306 g/mol. The number of benzene rings is 1. The zero-order chi connectivity index (χ0) is 14.0. The zero-order valence-electron chi connectivity index (χ0n) is 10.6. The molecule has 0 amide bonds. The fraction of sp³-hybridized carbons (Fsp3) is 0.455. The van der Waals surface area contributed by atoms with Gasteiger partial charge in [0.15, 0.2) is 4.90 Å². The molecule has 0 spiro atoms. The molecule has 1 heterocycles. The Morgan fingerprint density at radius 2 is 1.80 bits per heavy atom. The van der Waals surface area contributed by atoms with Crippen LogP contribution < -0.4 is 5.73 Å². The normalized spacial score (nSPS) is 17.4. The van der Waals surface area contributed by atoms with Gasteiger partial charge in [0.2, 0.25) is 10.0 Å². The monoisotopic (exact) mass is 321 g/mol. The second kappa shape index (κ2) is 6.49. The predicted octanol–water partition coefficient (Wildman–Crippen LogP) is 1.13. The summed E-state index contributed by atoms with van der Waals surface area (Å²) in [6.07, 6.45) is 1.14. The standard InChI is InChI=1S/C11H15N3O4S.ClH/c12-9-5-7-13(8-6-9)19(17,18)11-4-2-1-3-10(11)14(15)16;/h1-4,9H,5-8,12H2;1H. The molecule has 0 aliphatic carbocycles. The van der Waals surface area contributed by atoms with E-state index in [4.69, 9.17) is 5.73 Å². The molecule has 1 aliphatic heterocycles. The van der Waals surface area contributed by atoms with Crippen molar-refractivity contribution in [1.29, 1.82) is 0 Å². The summed E-state index contributed by atoms with van der Waals surface area (Å²) in [5.74, 6) is 0. The Bertz CT molecular complexity index is 585. The third kappa shape index (κ3) is 3.26. The third-order valence-electron chi connectivity index (χ3n) is 3.18. The van der Waals surface area contributed by atoms with Gasteiger partial charge in [-0.3, -0.25) is 10.1 Å². The Morgan fingerprint density at radius 3 is 2.35 bits per heavy atom. The highest BCUT2D eigenvalue weighted by Crippen LogP contribution is 2.27. The van der Waals surface area contributed by atoms with Crippen LogP contribution in [0.4, 0.5) is 5.69 Å². The van der Waals surface area contributed by atoms with E-state index in [2.05, 4.69) is 0 Å². The van der Waals surface area contributed by atoms with Crippen molar-refractivity contribution in [2.75, 3.05) is 13.1 Å². The number of piperidine rings is 1. The van der Waals surface area contributed by atoms with E-state index in [1.54, 1.807) is 0 Å². The molecule has 20 heavy (non-hydrogen) atoms. The molecule has 7 nitrogen and oxygen atoms in total. The average molecular weight is 322 g/mol. The van der Waals surface area contributed by atoms with E-state index in [1.807, 2.05) is 0 Å². The summed E-state index contributed by atoms with van der Waals surface area (Å²) >= 11 is 0. The lowest BCUT2D eigenvalue weighted by Crippen LogP contribution is -2.42. The van der Waals surface area contributed by atoms with Gasteiger partial charge in [0.05, 0.1) is 4.92 Å². The minimum atomic E-state index is -3.83. The van der Waals surface area contributed by atoms with Crippen molar-refractivity contribution < 1.29 is 13.3 Å². The van der Waals surface area contributed by atoms with Crippen LogP contribution in [0.2, 0.25) is 0 Å². The van der Waals surface area contributed by atoms with Crippen molar-refractivity contribution >= 4 is 28.1 Å². The van der Waals surface area contributed by atoms with E-state index in [9.17, 15) is 18.5 Å². The Labute approximate surface area is 123 Å². The van der Waals surface area contributed by atoms with Crippen LogP contribution in [0.5, 0.6) is 0 Å². The van der Waals surface area contributed by atoms with Crippen LogP contribution in [-0.4, -0.2) is 36.8 Å². The first-order valence-electron chi connectivity index (χ1n) is 5.92. The molecule has 0 bridgehead atoms. The number of nitro groups is 1. The van der Waals surface area contributed by atoms with Crippen molar-refractivity contribution in [3.63, 3.8) is 0 Å². The first-order valence-corrected chi connectivity index (χ1v) is 7.36. The molecule has 0 saturated carbocycles. The number of nitrogens with two attached hydrogens (primary N) is 1. The minimum absolute atomic E-state index is 0. The van der Waals surface area contributed by atoms with Gasteiger partial charge in [-0.05, 0) is 18.9 Å². The average Bonchev–Trinajstić information content (AvgIpc) is 2.39. The SMILES string of the molecule is Cl.NC1CCN(S(=O)(=O)c2ccccc2[N+](=O)[O-])CC1. The summed E-state index contributed by atoms with van der Waals surface area (Å²) in [6.45, 7) is 0.602. The van der Waals surface area contributed by atoms with Crippen LogP contribution in [0, 0.1) is 10.1 Å². The summed E-state index contributed by atoms with van der Waals surface area (Å²) in [5, 5.41) is 10.9. The predicted molar refractivity (Wildman–Crippen MR) is 76.3 cm³/mol. The number of rotatable bonds is 3. The number of sulfonamides is 1. The molecule has 112 valence electrons. The van der Waals surface area contributed by atoms with Gasteiger partial charge in [-0.2, -0.15) is 4.31 Å². The van der Waals surface area contributed by atoms with E-state index in [0.29, 0.717) is 25.9 Å². The summed E-state index contributed by atoms with van der Waals surface area (Å²) in [4.78, 5) is 9.97. The molecule has 1 aromatic rings. The smallest absolute Gasteiger partial charge is 0.289 e. The minimum Gasteiger partial charge on any atom is -0.328 e. The summed E-state index contributed by atoms with van der Waals surface area (Å²) in [7, 11) is -3.83. The fourth-order valence-electron chi connectivity index (χ4n) is 2.08. The van der Waals surface area contributed by atoms with Crippen molar-refractivity contribution in [2.45, 2.75) is 23.8 Å². The van der Waals surface area contributed by atoms with Gasteiger partial charge < -0.3 is 5.73 Å². The third-order valence-corrected chi connectivity index (χ3v) is 5.12. The van der Waals surface area contributed by atoms with E-state index in [-0.39, 0.29) is 23.3 Å². The molecule has 2 rings (SSSR count). The Balaban J connectivity index is 0.00000200. The molecule has 1 fully saturated rings. The van der Waals surface area contributed by atoms with Gasteiger partial charge in [0, 0.05) is 25.2 Å². The Hall–Kier alpha value is -1.22. The number of nitrogens with zero attached hydrogens (tertiary/aromatic N) is 2. The second-order valence-corrected chi connectivity index (χ2v) is 6.37. The van der Waals surface area contributed by atoms with Gasteiger partial charge in [-0.25, -0.2) is 8.42 Å². The van der Waals surface area contributed by atoms with Gasteiger partial charge in [-0.1, -0.05) is 12.1 Å². The van der Waals surface area contributed by atoms with Gasteiger partial charge in [0.1, 0.15) is 0 Å². The first kappa shape index (κ1) is 16.8. The van der Waals surface area contributed by atoms with Crippen LogP contribution >= 0.6 is 12.4 Å². The summed E-state index contributed by atoms with van der Waals surface area (Å²) in [5.41, 5.74) is 5.34. The van der Waals surface area contributed by atoms with Gasteiger partial charge in [-0.15, -0.1) is 12.4 Å². The largest absolute Gasteiger partial charge is 0.328 e. The number of hydrogen-bond donors (Lipinski definition) is 1. The summed E-state index contributed by atoms with van der Waals surface area (Å²) in [6, 6.07) is 5.39. The van der Waals surface area contributed by atoms with Crippen LogP contribution in [0.25, 0.3) is 0 Å². The van der Waals surface area contributed by atoms with E-state index >= 15 is 0 Å². The molecule has 1 aromatic carbocycles. The molecule has 9 heteroatoms. The quantitative estimate of drug-likeness (QED) is 0.663. The van der Waals surface area contributed by atoms with E-state index in [1.165, 1.54) is 28.6 Å². The zero-order valence-corrected chi connectivity index (χ0v) is 12.3. The van der Waals surface area contributed by atoms with Gasteiger partial charge in [0.25, 0.3) is 5.69 Å². The topological polar surface area (TPSA) is 107 Å². The molecule has 2 N–H and O–H groups in total. The molecule has 0 radical (unpaired) electrons. The van der Waals surface area contributed by atoms with Crippen LogP contribution in [-0.2, 0) is 10.0 Å². The van der Waals surface area contributed by atoms with Crippen molar-refractivity contribution in [1.82, 2.24) is 4.31 Å². The molecular formula is C11H16ClN3O4S. The van der Waals surface area contributed by atoms with Crippen LogP contribution in [0.15, 0.2) is 29.2 Å². The summed E-state index contributed by atoms with van der Waals surface area (Å²) < 4.78 is 26.1. The maximum absolute atomic E-state index is 12.4. The highest BCUT2D eigenvalue weighted by molar-refractivity contribution is 7.89. The van der Waals surface area contributed by atoms with E-state index in [0.717, 1.165) is 0 Å². The highest BCUT2D eigenvalue weighted by atomic mass is 35.5. The molecule has 0 atom stereocenters. The first-order chi connectivity index (χ1) is 8.93. The van der Waals surface area contributed by atoms with Crippen LogP contribution in [0.3, 0.4) is 0 Å². The fourth-order valence-corrected chi connectivity index (χ4v) is 3.71. The number of para-hydroxylation sites is 1. The Kier molecular flexibility index (Phi) is 5.46. The lowest BCUT2D eigenvalue weighted by atomic mass is 10.1. The lowest BCUT2D eigenvalue weighted by Gasteiger charge is -2.29. The van der Waals surface area contributed by atoms with Crippen LogP contribution in [0.1, 0.15) is 12.8 Å². The van der Waals surface area contributed by atoms with Gasteiger partial charge >= 0.3 is 0 Å². The van der Waals surface area contributed by atoms with Crippen molar-refractivity contribution in [3.05, 3.63) is 34.4 Å². The maximum Gasteiger partial charge on any atom is 0.289 e. The number of hydrogen-bond acceptors (Lipinski definition) is 5. The molecule has 1 saturated heterocycles.